The number of H-pyrrole nitrogens is 1. The molecule has 1 fully saturated rings. The summed E-state index contributed by atoms with van der Waals surface area (Å²) in [5, 5.41) is 9.07. The number of amides is 1. The lowest BCUT2D eigenvalue weighted by atomic mass is 9.93. The van der Waals surface area contributed by atoms with E-state index in [-0.39, 0.29) is 5.91 Å². The van der Waals surface area contributed by atoms with Crippen molar-refractivity contribution in [1.29, 1.82) is 0 Å². The first-order valence-corrected chi connectivity index (χ1v) is 8.22. The molecule has 1 saturated heterocycles. The second-order valence-corrected chi connectivity index (χ2v) is 6.63. The van der Waals surface area contributed by atoms with Gasteiger partial charge in [0.05, 0.1) is 4.88 Å². The Morgan fingerprint density at radius 3 is 2.76 bits per heavy atom. The molecule has 1 aliphatic heterocycles. The summed E-state index contributed by atoms with van der Waals surface area (Å²) in [6, 6.07) is 2.01. The molecule has 0 aliphatic carbocycles. The minimum absolute atomic E-state index is 0.190. The maximum Gasteiger partial charge on any atom is 0.264 e. The topological polar surface area (TPSA) is 61.9 Å². The average molecular weight is 304 g/mol. The number of hydrogen-bond donors (Lipinski definition) is 1. The summed E-state index contributed by atoms with van der Waals surface area (Å²) in [5.74, 6) is 2.53. The Hall–Kier alpha value is -1.69. The van der Waals surface area contributed by atoms with Crippen molar-refractivity contribution >= 4 is 17.2 Å². The zero-order valence-corrected chi connectivity index (χ0v) is 13.2. The van der Waals surface area contributed by atoms with E-state index >= 15 is 0 Å². The first-order chi connectivity index (χ1) is 10.1. The highest BCUT2D eigenvalue weighted by molar-refractivity contribution is 7.12. The van der Waals surface area contributed by atoms with Gasteiger partial charge in [0.25, 0.3) is 5.91 Å². The molecule has 3 heterocycles. The third kappa shape index (κ3) is 3.15. The van der Waals surface area contributed by atoms with Gasteiger partial charge in [-0.1, -0.05) is 0 Å². The number of hydrogen-bond acceptors (Lipinski definition) is 4. The van der Waals surface area contributed by atoms with Crippen LogP contribution >= 0.6 is 11.3 Å². The molecule has 0 unspecified atom stereocenters. The van der Waals surface area contributed by atoms with E-state index < -0.39 is 0 Å². The zero-order chi connectivity index (χ0) is 14.8. The van der Waals surface area contributed by atoms with Crippen molar-refractivity contribution in [3.8, 4) is 0 Å². The van der Waals surface area contributed by atoms with Crippen LogP contribution in [0.3, 0.4) is 0 Å². The molecule has 3 rings (SSSR count). The normalized spacial score (nSPS) is 16.4. The summed E-state index contributed by atoms with van der Waals surface area (Å²) >= 11 is 1.54. The minimum Gasteiger partial charge on any atom is -0.338 e. The fourth-order valence-electron chi connectivity index (χ4n) is 2.81. The number of carbonyl (C=O) groups is 1. The van der Waals surface area contributed by atoms with E-state index in [1.807, 2.05) is 30.2 Å². The molecule has 2 aromatic rings. The van der Waals surface area contributed by atoms with Crippen molar-refractivity contribution < 1.29 is 4.79 Å². The second-order valence-electron chi connectivity index (χ2n) is 5.71. The smallest absolute Gasteiger partial charge is 0.264 e. The molecule has 0 radical (unpaired) electrons. The van der Waals surface area contributed by atoms with Crippen molar-refractivity contribution in [2.24, 2.45) is 5.92 Å². The van der Waals surface area contributed by atoms with Crippen LogP contribution in [0.2, 0.25) is 0 Å². The van der Waals surface area contributed by atoms with Crippen molar-refractivity contribution in [2.45, 2.75) is 33.1 Å². The van der Waals surface area contributed by atoms with E-state index in [0.29, 0.717) is 5.92 Å². The van der Waals surface area contributed by atoms with Crippen LogP contribution in [-0.4, -0.2) is 39.1 Å². The number of aromatic amines is 1. The first kappa shape index (κ1) is 14.3. The highest BCUT2D eigenvalue weighted by Crippen LogP contribution is 2.24. The Morgan fingerprint density at radius 2 is 2.19 bits per heavy atom. The van der Waals surface area contributed by atoms with Crippen LogP contribution in [0.1, 0.15) is 39.7 Å². The number of carbonyl (C=O) groups excluding carboxylic acids is 1. The maximum absolute atomic E-state index is 12.5. The second kappa shape index (κ2) is 5.97. The molecule has 0 spiro atoms. The highest BCUT2D eigenvalue weighted by atomic mass is 32.1. The quantitative estimate of drug-likeness (QED) is 0.948. The predicted octanol–water partition coefficient (Wildman–Crippen LogP) is 2.58. The van der Waals surface area contributed by atoms with E-state index in [1.54, 1.807) is 11.3 Å². The molecule has 6 heteroatoms. The van der Waals surface area contributed by atoms with Gasteiger partial charge >= 0.3 is 0 Å². The van der Waals surface area contributed by atoms with E-state index in [2.05, 4.69) is 15.2 Å². The molecule has 1 N–H and O–H groups in total. The van der Waals surface area contributed by atoms with Crippen LogP contribution in [0, 0.1) is 19.8 Å². The van der Waals surface area contributed by atoms with Gasteiger partial charge < -0.3 is 4.90 Å². The third-order valence-electron chi connectivity index (χ3n) is 4.07. The van der Waals surface area contributed by atoms with Gasteiger partial charge in [-0.15, -0.1) is 11.3 Å². The molecule has 1 amide bonds. The van der Waals surface area contributed by atoms with Gasteiger partial charge in [0.15, 0.2) is 5.82 Å². The predicted molar refractivity (Wildman–Crippen MR) is 82.5 cm³/mol. The highest BCUT2D eigenvalue weighted by Gasteiger charge is 2.25. The third-order valence-corrected chi connectivity index (χ3v) is 5.08. The number of rotatable bonds is 3. The number of piperidine rings is 1. The number of likely N-dealkylation sites (tertiary alicyclic amines) is 1. The van der Waals surface area contributed by atoms with Gasteiger partial charge in [0.2, 0.25) is 0 Å². The minimum atomic E-state index is 0.190. The van der Waals surface area contributed by atoms with Gasteiger partial charge in [-0.3, -0.25) is 9.89 Å². The standard InChI is InChI=1S/C15H20N4OS/c1-10-5-8-21-14(10)15(20)19-6-3-12(4-7-19)9-13-16-11(2)17-18-13/h5,8,12H,3-4,6-7,9H2,1-2H3,(H,16,17,18). The summed E-state index contributed by atoms with van der Waals surface area (Å²) in [5.41, 5.74) is 1.09. The Balaban J connectivity index is 1.55. The number of aryl methyl sites for hydroxylation is 2. The van der Waals surface area contributed by atoms with Crippen molar-refractivity contribution in [1.82, 2.24) is 20.1 Å². The molecule has 0 bridgehead atoms. The van der Waals surface area contributed by atoms with E-state index in [0.717, 1.165) is 54.4 Å². The van der Waals surface area contributed by atoms with Crippen LogP contribution in [0.15, 0.2) is 11.4 Å². The number of nitrogens with zero attached hydrogens (tertiary/aromatic N) is 3. The lowest BCUT2D eigenvalue weighted by molar-refractivity contribution is 0.0694. The monoisotopic (exact) mass is 304 g/mol. The number of thiophene rings is 1. The molecule has 0 saturated carbocycles. The molecular weight excluding hydrogens is 284 g/mol. The Morgan fingerprint density at radius 1 is 1.43 bits per heavy atom. The SMILES string of the molecule is Cc1nc(CC2CCN(C(=O)c3sccc3C)CC2)n[nH]1. The van der Waals surface area contributed by atoms with Crippen LogP contribution < -0.4 is 0 Å². The molecule has 1 aliphatic rings. The van der Waals surface area contributed by atoms with Gasteiger partial charge in [-0.2, -0.15) is 5.10 Å². The van der Waals surface area contributed by atoms with E-state index in [1.165, 1.54) is 0 Å². The molecular formula is C15H20N4OS. The van der Waals surface area contributed by atoms with Gasteiger partial charge in [0, 0.05) is 19.5 Å². The molecule has 0 aromatic carbocycles. The average Bonchev–Trinajstić information content (AvgIpc) is 3.08. The summed E-state index contributed by atoms with van der Waals surface area (Å²) in [6.45, 7) is 5.59. The van der Waals surface area contributed by atoms with Crippen LogP contribution in [0.4, 0.5) is 0 Å². The van der Waals surface area contributed by atoms with Crippen molar-refractivity contribution in [3.63, 3.8) is 0 Å². The molecule has 5 nitrogen and oxygen atoms in total. The van der Waals surface area contributed by atoms with Crippen LogP contribution in [0.25, 0.3) is 0 Å². The molecule has 0 atom stereocenters. The van der Waals surface area contributed by atoms with Crippen molar-refractivity contribution in [2.75, 3.05) is 13.1 Å². The van der Waals surface area contributed by atoms with Gasteiger partial charge in [0.1, 0.15) is 5.82 Å². The van der Waals surface area contributed by atoms with Gasteiger partial charge in [-0.05, 0) is 49.6 Å². The van der Waals surface area contributed by atoms with Crippen LogP contribution in [0.5, 0.6) is 0 Å². The van der Waals surface area contributed by atoms with E-state index in [9.17, 15) is 4.79 Å². The molecule has 112 valence electrons. The fraction of sp³-hybridized carbons (Fsp3) is 0.533. The maximum atomic E-state index is 12.5. The lowest BCUT2D eigenvalue weighted by Gasteiger charge is -2.31. The Bertz CT molecular complexity index is 625. The lowest BCUT2D eigenvalue weighted by Crippen LogP contribution is -2.38. The number of nitrogens with one attached hydrogen (secondary N) is 1. The summed E-state index contributed by atoms with van der Waals surface area (Å²) in [6.07, 6.45) is 2.97. The summed E-state index contributed by atoms with van der Waals surface area (Å²) in [7, 11) is 0. The van der Waals surface area contributed by atoms with Crippen LogP contribution in [-0.2, 0) is 6.42 Å². The first-order valence-electron chi connectivity index (χ1n) is 7.34. The largest absolute Gasteiger partial charge is 0.338 e. The van der Waals surface area contributed by atoms with Crippen molar-refractivity contribution in [3.05, 3.63) is 33.5 Å². The zero-order valence-electron chi connectivity index (χ0n) is 12.4. The van der Waals surface area contributed by atoms with Gasteiger partial charge in [-0.25, -0.2) is 4.98 Å². The summed E-state index contributed by atoms with van der Waals surface area (Å²) < 4.78 is 0. The summed E-state index contributed by atoms with van der Waals surface area (Å²) in [4.78, 5) is 19.7. The molecule has 21 heavy (non-hydrogen) atoms. The Kier molecular flexibility index (Phi) is 4.05. The van der Waals surface area contributed by atoms with E-state index in [4.69, 9.17) is 0 Å². The molecule has 2 aromatic heterocycles. The Labute approximate surface area is 128 Å². The fourth-order valence-corrected chi connectivity index (χ4v) is 3.71. The number of aromatic nitrogens is 3.